The van der Waals surface area contributed by atoms with Crippen molar-refractivity contribution in [1.29, 1.82) is 0 Å². The lowest BCUT2D eigenvalue weighted by molar-refractivity contribution is -0.236. The Morgan fingerprint density at radius 1 is 0.769 bits per heavy atom. The summed E-state index contributed by atoms with van der Waals surface area (Å²) in [4.78, 5) is 1.07. The lowest BCUT2D eigenvalue weighted by atomic mass is 9.99. The van der Waals surface area contributed by atoms with E-state index < -0.39 is 38.2 Å². The van der Waals surface area contributed by atoms with Gasteiger partial charge in [0.2, 0.25) is 0 Å². The van der Waals surface area contributed by atoms with E-state index in [1.807, 2.05) is 78.9 Å². The van der Waals surface area contributed by atoms with E-state index in [1.54, 1.807) is 11.8 Å². The first kappa shape index (κ1) is 30.0. The maximum absolute atomic E-state index is 11.7. The van der Waals surface area contributed by atoms with Crippen LogP contribution in [-0.2, 0) is 31.9 Å². The molecule has 1 N–H and O–H groups in total. The van der Waals surface area contributed by atoms with Crippen LogP contribution in [0.1, 0.15) is 31.9 Å². The minimum absolute atomic E-state index is 0.0509. The fraction of sp³-hybridized carbons (Fsp3) is 0.438. The number of thioether (sulfide) groups is 1. The lowest BCUT2D eigenvalue weighted by Gasteiger charge is -2.45. The van der Waals surface area contributed by atoms with Gasteiger partial charge in [0.05, 0.1) is 19.8 Å². The first-order valence-corrected chi connectivity index (χ1v) is 17.4. The first-order valence-electron chi connectivity index (χ1n) is 13.6. The van der Waals surface area contributed by atoms with Crippen molar-refractivity contribution in [1.82, 2.24) is 0 Å². The number of hydrogen-bond acceptors (Lipinski definition) is 6. The molecule has 0 aromatic heterocycles. The largest absolute Gasteiger partial charge is 0.414 e. The minimum Gasteiger partial charge on any atom is -0.414 e. The van der Waals surface area contributed by atoms with Crippen molar-refractivity contribution in [3.63, 3.8) is 0 Å². The summed E-state index contributed by atoms with van der Waals surface area (Å²) in [6, 6.07) is 30.2. The Bertz CT molecular complexity index is 1120. The molecule has 0 saturated carbocycles. The topological polar surface area (TPSA) is 57.2 Å². The highest BCUT2D eigenvalue weighted by Gasteiger charge is 2.48. The molecule has 0 spiro atoms. The van der Waals surface area contributed by atoms with Crippen LogP contribution in [0.15, 0.2) is 95.9 Å². The van der Waals surface area contributed by atoms with E-state index in [-0.39, 0.29) is 5.04 Å². The average Bonchev–Trinajstić information content (AvgIpc) is 2.92. The second-order valence-electron chi connectivity index (χ2n) is 11.6. The highest BCUT2D eigenvalue weighted by molar-refractivity contribution is 7.99. The molecule has 3 aromatic rings. The quantitative estimate of drug-likeness (QED) is 0.251. The number of aliphatic hydroxyl groups excluding tert-OH is 1. The van der Waals surface area contributed by atoms with Crippen molar-refractivity contribution in [3.05, 3.63) is 102 Å². The summed E-state index contributed by atoms with van der Waals surface area (Å²) in [6.45, 7) is 12.1. The Labute approximate surface area is 239 Å². The molecule has 4 rings (SSSR count). The van der Waals surface area contributed by atoms with Gasteiger partial charge < -0.3 is 23.7 Å². The minimum atomic E-state index is -2.05. The van der Waals surface area contributed by atoms with E-state index in [0.717, 1.165) is 16.0 Å². The van der Waals surface area contributed by atoms with Gasteiger partial charge in [-0.2, -0.15) is 0 Å². The molecule has 0 aliphatic carbocycles. The molecule has 0 unspecified atom stereocenters. The monoisotopic (exact) mass is 566 g/mol. The van der Waals surface area contributed by atoms with Crippen LogP contribution in [0, 0.1) is 0 Å². The van der Waals surface area contributed by atoms with Gasteiger partial charge >= 0.3 is 0 Å². The normalized spacial score (nSPS) is 24.0. The molecule has 1 aliphatic heterocycles. The third-order valence-corrected chi connectivity index (χ3v) is 13.3. The summed E-state index contributed by atoms with van der Waals surface area (Å²) in [5.41, 5.74) is 1.70. The van der Waals surface area contributed by atoms with E-state index in [2.05, 4.69) is 46.0 Å². The van der Waals surface area contributed by atoms with Gasteiger partial charge in [-0.1, -0.05) is 111 Å². The maximum Gasteiger partial charge on any atom is 0.192 e. The summed E-state index contributed by atoms with van der Waals surface area (Å²) in [5.74, 6) is 0. The number of benzene rings is 3. The smallest absolute Gasteiger partial charge is 0.192 e. The molecule has 0 amide bonds. The Balaban J connectivity index is 1.60. The van der Waals surface area contributed by atoms with Crippen molar-refractivity contribution in [3.8, 4) is 0 Å². The first-order chi connectivity index (χ1) is 18.6. The van der Waals surface area contributed by atoms with Crippen LogP contribution in [-0.4, -0.2) is 49.9 Å². The molecule has 1 fully saturated rings. The van der Waals surface area contributed by atoms with Crippen molar-refractivity contribution in [2.45, 2.75) is 86.9 Å². The Kier molecular flexibility index (Phi) is 10.5. The van der Waals surface area contributed by atoms with Gasteiger partial charge in [0.1, 0.15) is 29.9 Å². The Morgan fingerprint density at radius 3 is 1.77 bits per heavy atom. The van der Waals surface area contributed by atoms with E-state index in [1.165, 1.54) is 0 Å². The SMILES string of the molecule is CC(C)(C)[Si](C)(C)OC[C@H]1O[C@H](Sc2ccccc2)[C@@H](OCc2ccccc2)[C@@H](OCc2ccccc2)[C@@H]1O. The van der Waals surface area contributed by atoms with Crippen LogP contribution >= 0.6 is 11.8 Å². The molecule has 5 nitrogen and oxygen atoms in total. The van der Waals surface area contributed by atoms with Crippen molar-refractivity contribution >= 4 is 20.1 Å². The molecule has 1 heterocycles. The number of ether oxygens (including phenoxy) is 3. The van der Waals surface area contributed by atoms with E-state index in [9.17, 15) is 5.11 Å². The predicted molar refractivity (Wildman–Crippen MR) is 160 cm³/mol. The molecule has 1 aliphatic rings. The standard InChI is InChI=1S/C32H42O5SSi/c1-32(2,3)39(4,5)36-23-27-28(33)29(34-21-24-15-9-6-10-16-24)30(35-22-25-17-11-7-12-18-25)31(37-27)38-26-19-13-8-14-20-26/h6-20,27-31,33H,21-23H2,1-5H3/t27-,28-,29+,30+,31-/m1/s1. The lowest BCUT2D eigenvalue weighted by Crippen LogP contribution is -2.60. The second kappa shape index (κ2) is 13.6. The molecule has 39 heavy (non-hydrogen) atoms. The van der Waals surface area contributed by atoms with Gasteiger partial charge in [0, 0.05) is 4.90 Å². The fourth-order valence-corrected chi connectivity index (χ4v) is 6.33. The molecule has 210 valence electrons. The van der Waals surface area contributed by atoms with E-state index in [4.69, 9.17) is 18.6 Å². The van der Waals surface area contributed by atoms with Crippen LogP contribution in [0.2, 0.25) is 18.1 Å². The zero-order valence-electron chi connectivity index (χ0n) is 23.7. The summed E-state index contributed by atoms with van der Waals surface area (Å²) in [7, 11) is -2.05. The maximum atomic E-state index is 11.7. The van der Waals surface area contributed by atoms with Crippen molar-refractivity contribution in [2.24, 2.45) is 0 Å². The van der Waals surface area contributed by atoms with Crippen LogP contribution in [0.4, 0.5) is 0 Å². The molecule has 0 bridgehead atoms. The summed E-state index contributed by atoms with van der Waals surface area (Å²) in [5, 5.41) is 11.7. The van der Waals surface area contributed by atoms with Crippen LogP contribution in [0.5, 0.6) is 0 Å². The van der Waals surface area contributed by atoms with Crippen molar-refractivity contribution in [2.75, 3.05) is 6.61 Å². The van der Waals surface area contributed by atoms with Gasteiger partial charge in [-0.15, -0.1) is 0 Å². The average molecular weight is 567 g/mol. The summed E-state index contributed by atoms with van der Waals surface area (Å²) < 4.78 is 26.1. The van der Waals surface area contributed by atoms with Crippen LogP contribution in [0.3, 0.4) is 0 Å². The molecular weight excluding hydrogens is 525 g/mol. The van der Waals surface area contributed by atoms with Crippen molar-refractivity contribution < 1.29 is 23.7 Å². The zero-order valence-corrected chi connectivity index (χ0v) is 25.5. The Morgan fingerprint density at radius 2 is 1.26 bits per heavy atom. The van der Waals surface area contributed by atoms with E-state index in [0.29, 0.717) is 19.8 Å². The van der Waals surface area contributed by atoms with E-state index >= 15 is 0 Å². The molecule has 3 aromatic carbocycles. The molecule has 1 saturated heterocycles. The van der Waals surface area contributed by atoms with Gasteiger partial charge in [0.25, 0.3) is 0 Å². The molecule has 5 atom stereocenters. The third-order valence-electron chi connectivity index (χ3n) is 7.60. The number of aliphatic hydroxyl groups is 1. The second-order valence-corrected chi connectivity index (χ2v) is 17.5. The highest BCUT2D eigenvalue weighted by atomic mass is 32.2. The Hall–Kier alpha value is -1.97. The molecule has 7 heteroatoms. The zero-order chi connectivity index (χ0) is 27.9. The summed E-state index contributed by atoms with van der Waals surface area (Å²) >= 11 is 1.60. The predicted octanol–water partition coefficient (Wildman–Crippen LogP) is 7.06. The number of hydrogen-bond donors (Lipinski definition) is 1. The van der Waals surface area contributed by atoms with Gasteiger partial charge in [-0.3, -0.25) is 0 Å². The summed E-state index contributed by atoms with van der Waals surface area (Å²) in [6.07, 6.45) is -2.56. The molecule has 0 radical (unpaired) electrons. The molecular formula is C32H42O5SSi. The fourth-order valence-electron chi connectivity index (χ4n) is 4.16. The van der Waals surface area contributed by atoms with Gasteiger partial charge in [-0.25, -0.2) is 0 Å². The number of rotatable bonds is 11. The van der Waals surface area contributed by atoms with Crippen LogP contribution < -0.4 is 0 Å². The third kappa shape index (κ3) is 8.27. The highest BCUT2D eigenvalue weighted by Crippen LogP contribution is 2.39. The van der Waals surface area contributed by atoms with Gasteiger partial charge in [-0.05, 0) is 41.4 Å². The van der Waals surface area contributed by atoms with Gasteiger partial charge in [0.15, 0.2) is 8.32 Å². The van der Waals surface area contributed by atoms with Crippen LogP contribution in [0.25, 0.3) is 0 Å².